The maximum absolute atomic E-state index is 8.82. The quantitative estimate of drug-likeness (QED) is 0.699. The smallest absolute Gasteiger partial charge is 0.0760 e. The Morgan fingerprint density at radius 3 is 2.13 bits per heavy atom. The highest BCUT2D eigenvalue weighted by molar-refractivity contribution is 4.91. The van der Waals surface area contributed by atoms with Gasteiger partial charge in [-0.3, -0.25) is 4.90 Å². The van der Waals surface area contributed by atoms with Crippen LogP contribution in [-0.4, -0.2) is 35.7 Å². The van der Waals surface area contributed by atoms with E-state index in [1.807, 2.05) is 6.92 Å². The van der Waals surface area contributed by atoms with Crippen molar-refractivity contribution >= 4 is 0 Å². The van der Waals surface area contributed by atoms with Gasteiger partial charge in [0.25, 0.3) is 0 Å². The van der Waals surface area contributed by atoms with E-state index in [-0.39, 0.29) is 17.1 Å². The molecule has 0 saturated carbocycles. The SMILES string of the molecule is CC(C#N)CN1CC(C)(C)OC(C)(C)C1. The first kappa shape index (κ1) is 12.5. The molecule has 1 heterocycles. The van der Waals surface area contributed by atoms with Gasteiger partial charge in [0.2, 0.25) is 0 Å². The summed E-state index contributed by atoms with van der Waals surface area (Å²) in [5, 5.41) is 8.82. The van der Waals surface area contributed by atoms with E-state index < -0.39 is 0 Å². The lowest BCUT2D eigenvalue weighted by Gasteiger charge is -2.47. The van der Waals surface area contributed by atoms with Crippen molar-refractivity contribution in [3.05, 3.63) is 0 Å². The highest BCUT2D eigenvalue weighted by Gasteiger charge is 2.38. The molecule has 0 N–H and O–H groups in total. The zero-order valence-corrected chi connectivity index (χ0v) is 10.5. The summed E-state index contributed by atoms with van der Waals surface area (Å²) in [6.07, 6.45) is 0. The van der Waals surface area contributed by atoms with Crippen molar-refractivity contribution in [2.24, 2.45) is 5.92 Å². The molecule has 1 rings (SSSR count). The van der Waals surface area contributed by atoms with Crippen molar-refractivity contribution in [2.75, 3.05) is 19.6 Å². The van der Waals surface area contributed by atoms with Crippen LogP contribution in [0.1, 0.15) is 34.6 Å². The van der Waals surface area contributed by atoms with Crippen LogP contribution in [0.15, 0.2) is 0 Å². The molecule has 0 spiro atoms. The number of nitrogens with zero attached hydrogens (tertiary/aromatic N) is 2. The van der Waals surface area contributed by atoms with Crippen LogP contribution < -0.4 is 0 Å². The lowest BCUT2D eigenvalue weighted by molar-refractivity contribution is -0.181. The molecule has 0 bridgehead atoms. The molecule has 86 valence electrons. The van der Waals surface area contributed by atoms with Gasteiger partial charge in [-0.2, -0.15) is 5.26 Å². The Morgan fingerprint density at radius 2 is 1.73 bits per heavy atom. The van der Waals surface area contributed by atoms with Crippen LogP contribution in [0.5, 0.6) is 0 Å². The molecule has 1 atom stereocenters. The molecular weight excluding hydrogens is 188 g/mol. The number of morpholine rings is 1. The molecule has 15 heavy (non-hydrogen) atoms. The first-order chi connectivity index (χ1) is 6.74. The van der Waals surface area contributed by atoms with Crippen molar-refractivity contribution in [2.45, 2.75) is 45.8 Å². The highest BCUT2D eigenvalue weighted by atomic mass is 16.5. The van der Waals surface area contributed by atoms with Gasteiger partial charge < -0.3 is 4.74 Å². The van der Waals surface area contributed by atoms with E-state index in [0.717, 1.165) is 19.6 Å². The van der Waals surface area contributed by atoms with Gasteiger partial charge in [-0.1, -0.05) is 0 Å². The van der Waals surface area contributed by atoms with Gasteiger partial charge in [0.15, 0.2) is 0 Å². The van der Waals surface area contributed by atoms with E-state index in [9.17, 15) is 0 Å². The zero-order valence-electron chi connectivity index (χ0n) is 10.5. The maximum atomic E-state index is 8.82. The third kappa shape index (κ3) is 3.81. The Hall–Kier alpha value is -0.590. The molecule has 3 nitrogen and oxygen atoms in total. The number of rotatable bonds is 2. The second-order valence-corrected chi connectivity index (χ2v) is 5.82. The van der Waals surface area contributed by atoms with Crippen molar-refractivity contribution in [1.82, 2.24) is 4.90 Å². The average molecular weight is 210 g/mol. The van der Waals surface area contributed by atoms with Gasteiger partial charge in [-0.25, -0.2) is 0 Å². The van der Waals surface area contributed by atoms with E-state index in [2.05, 4.69) is 38.7 Å². The van der Waals surface area contributed by atoms with Crippen molar-refractivity contribution in [3.63, 3.8) is 0 Å². The molecule has 1 aliphatic rings. The normalized spacial score (nSPS) is 26.9. The van der Waals surface area contributed by atoms with Crippen molar-refractivity contribution in [1.29, 1.82) is 5.26 Å². The van der Waals surface area contributed by atoms with Gasteiger partial charge in [0, 0.05) is 19.6 Å². The van der Waals surface area contributed by atoms with Crippen molar-refractivity contribution < 1.29 is 4.74 Å². The third-order valence-electron chi connectivity index (χ3n) is 2.51. The summed E-state index contributed by atoms with van der Waals surface area (Å²) < 4.78 is 5.98. The molecule has 3 heteroatoms. The largest absolute Gasteiger partial charge is 0.367 e. The van der Waals surface area contributed by atoms with E-state index in [1.165, 1.54) is 0 Å². The first-order valence-corrected chi connectivity index (χ1v) is 5.56. The van der Waals surface area contributed by atoms with Crippen LogP contribution in [0.3, 0.4) is 0 Å². The lowest BCUT2D eigenvalue weighted by Crippen LogP contribution is -2.57. The lowest BCUT2D eigenvalue weighted by atomic mass is 9.98. The fourth-order valence-electron chi connectivity index (χ4n) is 2.50. The predicted octanol–water partition coefficient (Wildman–Crippen LogP) is 2.04. The zero-order chi connectivity index (χ0) is 11.7. The van der Waals surface area contributed by atoms with Crippen LogP contribution in [0, 0.1) is 17.2 Å². The Morgan fingerprint density at radius 1 is 1.27 bits per heavy atom. The standard InChI is InChI=1S/C12H22N2O/c1-10(6-13)7-14-8-11(2,3)15-12(4,5)9-14/h10H,7-9H2,1-5H3. The Bertz CT molecular complexity index is 249. The molecule has 1 unspecified atom stereocenters. The number of hydrogen-bond donors (Lipinski definition) is 0. The van der Waals surface area contributed by atoms with E-state index >= 15 is 0 Å². The Kier molecular flexibility index (Phi) is 3.42. The maximum Gasteiger partial charge on any atom is 0.0760 e. The van der Waals surface area contributed by atoms with Gasteiger partial charge in [0.1, 0.15) is 0 Å². The molecule has 0 aromatic carbocycles. The molecule has 1 saturated heterocycles. The van der Waals surface area contributed by atoms with Crippen LogP contribution in [-0.2, 0) is 4.74 Å². The Labute approximate surface area is 93.0 Å². The second-order valence-electron chi connectivity index (χ2n) is 5.82. The van der Waals surface area contributed by atoms with Crippen molar-refractivity contribution in [3.8, 4) is 6.07 Å². The topological polar surface area (TPSA) is 36.3 Å². The second kappa shape index (κ2) is 4.11. The highest BCUT2D eigenvalue weighted by Crippen LogP contribution is 2.28. The molecule has 0 amide bonds. The summed E-state index contributed by atoms with van der Waals surface area (Å²) >= 11 is 0. The minimum absolute atomic E-state index is 0.0923. The minimum Gasteiger partial charge on any atom is -0.367 e. The molecule has 0 radical (unpaired) electrons. The predicted molar refractivity (Wildman–Crippen MR) is 60.5 cm³/mol. The van der Waals surface area contributed by atoms with Crippen LogP contribution in [0.25, 0.3) is 0 Å². The Balaban J connectivity index is 2.64. The molecule has 1 aliphatic heterocycles. The van der Waals surface area contributed by atoms with Gasteiger partial charge >= 0.3 is 0 Å². The first-order valence-electron chi connectivity index (χ1n) is 5.56. The summed E-state index contributed by atoms with van der Waals surface area (Å²) in [5.74, 6) is 0.0923. The molecule has 1 fully saturated rings. The van der Waals surface area contributed by atoms with E-state index in [1.54, 1.807) is 0 Å². The van der Waals surface area contributed by atoms with E-state index in [4.69, 9.17) is 10.00 Å². The summed E-state index contributed by atoms with van der Waals surface area (Å²) in [6.45, 7) is 13.1. The van der Waals surface area contributed by atoms with Crippen LogP contribution >= 0.6 is 0 Å². The number of hydrogen-bond acceptors (Lipinski definition) is 3. The summed E-state index contributed by atoms with van der Waals surface area (Å²) in [6, 6.07) is 2.28. The third-order valence-corrected chi connectivity index (χ3v) is 2.51. The average Bonchev–Trinajstić information content (AvgIpc) is 1.97. The fraction of sp³-hybridized carbons (Fsp3) is 0.917. The summed E-state index contributed by atoms with van der Waals surface area (Å²) in [5.41, 5.74) is -0.228. The summed E-state index contributed by atoms with van der Waals surface area (Å²) in [4.78, 5) is 2.33. The number of ether oxygens (including phenoxy) is 1. The van der Waals surface area contributed by atoms with E-state index in [0.29, 0.717) is 0 Å². The summed E-state index contributed by atoms with van der Waals surface area (Å²) in [7, 11) is 0. The van der Waals surface area contributed by atoms with Gasteiger partial charge in [0.05, 0.1) is 23.2 Å². The molecule has 0 aromatic heterocycles. The number of nitriles is 1. The molecular formula is C12H22N2O. The van der Waals surface area contributed by atoms with Gasteiger partial charge in [-0.05, 0) is 34.6 Å². The van der Waals surface area contributed by atoms with Gasteiger partial charge in [-0.15, -0.1) is 0 Å². The minimum atomic E-state index is -0.114. The fourth-order valence-corrected chi connectivity index (χ4v) is 2.50. The molecule has 0 aliphatic carbocycles. The van der Waals surface area contributed by atoms with Crippen LogP contribution in [0.2, 0.25) is 0 Å². The monoisotopic (exact) mass is 210 g/mol. The molecule has 0 aromatic rings. The van der Waals surface area contributed by atoms with Crippen LogP contribution in [0.4, 0.5) is 0 Å².